The Labute approximate surface area is 137 Å². The number of rotatable bonds is 5. The van der Waals surface area contributed by atoms with Crippen LogP contribution in [0.15, 0.2) is 17.1 Å². The van der Waals surface area contributed by atoms with Gasteiger partial charge in [0.1, 0.15) is 11.1 Å². The number of ether oxygens (including phenoxy) is 1. The Bertz CT molecular complexity index is 856. The van der Waals surface area contributed by atoms with Crippen LogP contribution in [-0.4, -0.2) is 38.0 Å². The van der Waals surface area contributed by atoms with Gasteiger partial charge in [-0.1, -0.05) is 0 Å². The quantitative estimate of drug-likeness (QED) is 0.328. The summed E-state index contributed by atoms with van der Waals surface area (Å²) in [5.74, 6) is -2.64. The molecule has 1 saturated carbocycles. The molecule has 0 N–H and O–H groups in total. The van der Waals surface area contributed by atoms with Crippen LogP contribution >= 0.6 is 0 Å². The summed E-state index contributed by atoms with van der Waals surface area (Å²) in [6.45, 7) is 0. The molecule has 0 spiro atoms. The Hall–Kier alpha value is -2.18. The minimum atomic E-state index is -6.18. The van der Waals surface area contributed by atoms with Crippen molar-refractivity contribution in [2.45, 2.75) is 30.3 Å². The normalized spacial score (nSPS) is 16.6. The van der Waals surface area contributed by atoms with Crippen molar-refractivity contribution in [1.82, 2.24) is 4.57 Å². The second-order valence-electron chi connectivity index (χ2n) is 5.14. The van der Waals surface area contributed by atoms with Crippen LogP contribution in [0.5, 0.6) is 5.75 Å². The van der Waals surface area contributed by atoms with E-state index in [4.69, 9.17) is 0 Å². The Morgan fingerprint density at radius 3 is 2.28 bits per heavy atom. The molecule has 1 aliphatic carbocycles. The first-order chi connectivity index (χ1) is 11.4. The average molecular weight is 391 g/mol. The molecule has 0 bridgehead atoms. The molecule has 0 aromatic carbocycles. The Morgan fingerprint density at radius 1 is 1.32 bits per heavy atom. The van der Waals surface area contributed by atoms with E-state index in [0.29, 0.717) is 10.8 Å². The van der Waals surface area contributed by atoms with Gasteiger partial charge in [0.15, 0.2) is 5.75 Å². The van der Waals surface area contributed by atoms with Gasteiger partial charge in [0.25, 0.3) is 12.0 Å². The van der Waals surface area contributed by atoms with E-state index in [9.17, 15) is 40.0 Å². The molecule has 7 nitrogen and oxygen atoms in total. The standard InChI is InChI=1S/C12H10F5NO6S/c1-23-9(20)6-5-18(11(2-3-11)10(13)14)8(19)4-7(6)24-25(21,22)12(15,16)17/h4-5,10H,2-3H2,1H3. The molecule has 25 heavy (non-hydrogen) atoms. The smallest absolute Gasteiger partial charge is 0.465 e. The van der Waals surface area contributed by atoms with E-state index in [2.05, 4.69) is 8.92 Å². The minimum absolute atomic E-state index is 0.105. The van der Waals surface area contributed by atoms with E-state index in [1.54, 1.807) is 0 Å². The predicted octanol–water partition coefficient (Wildman–Crippen LogP) is 1.62. The fourth-order valence-corrected chi connectivity index (χ4v) is 2.52. The summed E-state index contributed by atoms with van der Waals surface area (Å²) in [5.41, 5.74) is -9.89. The predicted molar refractivity (Wildman–Crippen MR) is 70.9 cm³/mol. The van der Waals surface area contributed by atoms with E-state index in [1.165, 1.54) is 0 Å². The van der Waals surface area contributed by atoms with Gasteiger partial charge in [-0.2, -0.15) is 21.6 Å². The van der Waals surface area contributed by atoms with Crippen LogP contribution in [0.2, 0.25) is 0 Å². The monoisotopic (exact) mass is 391 g/mol. The van der Waals surface area contributed by atoms with Crippen molar-refractivity contribution in [1.29, 1.82) is 0 Å². The highest BCUT2D eigenvalue weighted by Crippen LogP contribution is 2.48. The SMILES string of the molecule is COC(=O)c1cn(C2(C(F)F)CC2)c(=O)cc1OS(=O)(=O)C(F)(F)F. The summed E-state index contributed by atoms with van der Waals surface area (Å²) >= 11 is 0. The van der Waals surface area contributed by atoms with Crippen molar-refractivity contribution in [3.63, 3.8) is 0 Å². The third-order valence-corrected chi connectivity index (χ3v) is 4.52. The van der Waals surface area contributed by atoms with E-state index in [1.807, 2.05) is 0 Å². The highest BCUT2D eigenvalue weighted by molar-refractivity contribution is 7.88. The topological polar surface area (TPSA) is 91.7 Å². The number of pyridine rings is 1. The first-order valence-electron chi connectivity index (χ1n) is 6.50. The molecule has 0 amide bonds. The number of methoxy groups -OCH3 is 1. The number of esters is 1. The van der Waals surface area contributed by atoms with E-state index in [-0.39, 0.29) is 18.9 Å². The zero-order chi connectivity index (χ0) is 19.2. The highest BCUT2D eigenvalue weighted by Gasteiger charge is 2.54. The molecule has 1 heterocycles. The molecular weight excluding hydrogens is 381 g/mol. The number of carbonyl (C=O) groups excluding carboxylic acids is 1. The molecule has 1 fully saturated rings. The zero-order valence-corrected chi connectivity index (χ0v) is 13.2. The molecule has 2 rings (SSSR count). The number of carbonyl (C=O) groups is 1. The summed E-state index contributed by atoms with van der Waals surface area (Å²) in [6, 6.07) is 0.220. The maximum atomic E-state index is 13.1. The van der Waals surface area contributed by atoms with Crippen LogP contribution in [0.1, 0.15) is 23.2 Å². The van der Waals surface area contributed by atoms with Crippen molar-refractivity contribution in [2.24, 2.45) is 0 Å². The fourth-order valence-electron chi connectivity index (χ4n) is 2.05. The summed E-state index contributed by atoms with van der Waals surface area (Å²) in [4.78, 5) is 23.6. The van der Waals surface area contributed by atoms with Crippen LogP contribution in [-0.2, 0) is 20.4 Å². The summed E-state index contributed by atoms with van der Waals surface area (Å²) in [5, 5.41) is 0. The number of alkyl halides is 5. The number of halogens is 5. The maximum Gasteiger partial charge on any atom is 0.534 e. The molecule has 0 radical (unpaired) electrons. The van der Waals surface area contributed by atoms with Gasteiger partial charge < -0.3 is 13.5 Å². The second-order valence-corrected chi connectivity index (χ2v) is 6.68. The third kappa shape index (κ3) is 3.32. The van der Waals surface area contributed by atoms with Gasteiger partial charge in [-0.3, -0.25) is 4.79 Å². The first-order valence-corrected chi connectivity index (χ1v) is 7.91. The molecular formula is C12H10F5NO6S. The molecule has 0 aliphatic heterocycles. The van der Waals surface area contributed by atoms with Crippen molar-refractivity contribution in [3.05, 3.63) is 28.2 Å². The van der Waals surface area contributed by atoms with Crippen LogP contribution in [0.25, 0.3) is 0 Å². The second kappa shape index (κ2) is 5.97. The van der Waals surface area contributed by atoms with Crippen LogP contribution in [0.4, 0.5) is 22.0 Å². The van der Waals surface area contributed by atoms with Crippen LogP contribution in [0.3, 0.4) is 0 Å². The molecule has 1 aliphatic rings. The lowest BCUT2D eigenvalue weighted by Gasteiger charge is -2.20. The van der Waals surface area contributed by atoms with Gasteiger partial charge in [0, 0.05) is 12.3 Å². The zero-order valence-electron chi connectivity index (χ0n) is 12.3. The van der Waals surface area contributed by atoms with E-state index in [0.717, 1.165) is 7.11 Å². The highest BCUT2D eigenvalue weighted by atomic mass is 32.2. The Morgan fingerprint density at radius 2 is 1.88 bits per heavy atom. The van der Waals surface area contributed by atoms with Crippen molar-refractivity contribution in [3.8, 4) is 5.75 Å². The van der Waals surface area contributed by atoms with Gasteiger partial charge in [-0.25, -0.2) is 13.6 Å². The van der Waals surface area contributed by atoms with E-state index >= 15 is 0 Å². The van der Waals surface area contributed by atoms with Crippen molar-refractivity contribution in [2.75, 3.05) is 7.11 Å². The minimum Gasteiger partial charge on any atom is -0.465 e. The summed E-state index contributed by atoms with van der Waals surface area (Å²) in [6.07, 6.45) is -2.69. The van der Waals surface area contributed by atoms with Gasteiger partial charge >= 0.3 is 21.6 Å². The molecule has 1 aromatic heterocycles. The molecule has 13 heteroatoms. The Balaban J connectivity index is 2.61. The molecule has 1 aromatic rings. The number of nitrogens with zero attached hydrogens (tertiary/aromatic N) is 1. The molecule has 0 saturated heterocycles. The lowest BCUT2D eigenvalue weighted by Crippen LogP contribution is -2.36. The molecule has 0 unspecified atom stereocenters. The lowest BCUT2D eigenvalue weighted by molar-refractivity contribution is -0.0500. The van der Waals surface area contributed by atoms with Gasteiger partial charge in [-0.05, 0) is 12.8 Å². The molecule has 0 atom stereocenters. The number of hydrogen-bond donors (Lipinski definition) is 0. The molecule has 140 valence electrons. The van der Waals surface area contributed by atoms with Crippen molar-refractivity contribution < 1.29 is 44.1 Å². The van der Waals surface area contributed by atoms with Gasteiger partial charge in [0.05, 0.1) is 7.11 Å². The summed E-state index contributed by atoms with van der Waals surface area (Å²) in [7, 11) is -5.37. The van der Waals surface area contributed by atoms with Crippen LogP contribution < -0.4 is 9.74 Å². The fraction of sp³-hybridized carbons (Fsp3) is 0.500. The largest absolute Gasteiger partial charge is 0.534 e. The average Bonchev–Trinajstić information content (AvgIpc) is 3.26. The summed E-state index contributed by atoms with van der Waals surface area (Å²) < 4.78 is 94.2. The van der Waals surface area contributed by atoms with E-state index < -0.39 is 50.4 Å². The van der Waals surface area contributed by atoms with Gasteiger partial charge in [-0.15, -0.1) is 0 Å². The first kappa shape index (κ1) is 19.1. The Kier molecular flexibility index (Phi) is 4.57. The van der Waals surface area contributed by atoms with Gasteiger partial charge in [0.2, 0.25) is 0 Å². The number of hydrogen-bond acceptors (Lipinski definition) is 6. The number of aromatic nitrogens is 1. The third-order valence-electron chi connectivity index (χ3n) is 3.55. The van der Waals surface area contributed by atoms with Crippen molar-refractivity contribution >= 4 is 16.1 Å². The van der Waals surface area contributed by atoms with Crippen LogP contribution in [0, 0.1) is 0 Å². The maximum absolute atomic E-state index is 13.1. The lowest BCUT2D eigenvalue weighted by atomic mass is 10.2.